The van der Waals surface area contributed by atoms with Crippen molar-refractivity contribution in [3.63, 3.8) is 0 Å². The monoisotopic (exact) mass is 364 g/mol. The smallest absolute Gasteiger partial charge is 0.241 e. The van der Waals surface area contributed by atoms with Gasteiger partial charge in [-0.05, 0) is 49.9 Å². The molecule has 0 radical (unpaired) electrons. The fourth-order valence-electron chi connectivity index (χ4n) is 2.39. The molecular weight excluding hydrogens is 336 g/mol. The number of halogens is 1. The second kappa shape index (κ2) is 9.47. The molecule has 0 fully saturated rings. The van der Waals surface area contributed by atoms with E-state index in [9.17, 15) is 8.42 Å². The number of ether oxygens (including phenoxy) is 1. The summed E-state index contributed by atoms with van der Waals surface area (Å²) in [6, 6.07) is 6.46. The topological polar surface area (TPSA) is 81.4 Å². The van der Waals surface area contributed by atoms with Crippen LogP contribution in [0.1, 0.15) is 40.5 Å². The van der Waals surface area contributed by atoms with E-state index in [0.29, 0.717) is 24.7 Å². The highest BCUT2D eigenvalue weighted by Gasteiger charge is 2.30. The van der Waals surface area contributed by atoms with Gasteiger partial charge in [0.15, 0.2) is 0 Å². The summed E-state index contributed by atoms with van der Waals surface area (Å²) in [6.45, 7) is 8.81. The van der Waals surface area contributed by atoms with Crippen LogP contribution in [0.4, 0.5) is 0 Å². The van der Waals surface area contributed by atoms with Gasteiger partial charge >= 0.3 is 0 Å². The second-order valence-electron chi connectivity index (χ2n) is 6.29. The predicted octanol–water partition coefficient (Wildman–Crippen LogP) is 2.94. The molecule has 0 saturated carbocycles. The molecule has 134 valence electrons. The van der Waals surface area contributed by atoms with Crippen molar-refractivity contribution in [3.05, 3.63) is 24.3 Å². The van der Waals surface area contributed by atoms with Gasteiger partial charge in [-0.25, -0.2) is 13.1 Å². The molecule has 3 N–H and O–H groups in total. The molecule has 5 nitrogen and oxygen atoms in total. The van der Waals surface area contributed by atoms with Crippen LogP contribution in [0.15, 0.2) is 29.2 Å². The van der Waals surface area contributed by atoms with E-state index in [1.54, 1.807) is 24.3 Å². The lowest BCUT2D eigenvalue weighted by molar-refractivity contribution is 0.317. The zero-order chi connectivity index (χ0) is 16.8. The maximum atomic E-state index is 12.5. The highest BCUT2D eigenvalue weighted by molar-refractivity contribution is 7.89. The SMILES string of the molecule is CCCOc1ccc(S(=O)(=O)NC(C)(CN)CC(C)C)cc1.Cl. The fraction of sp³-hybridized carbons (Fsp3) is 0.625. The van der Waals surface area contributed by atoms with Gasteiger partial charge in [-0.3, -0.25) is 0 Å². The van der Waals surface area contributed by atoms with E-state index >= 15 is 0 Å². The zero-order valence-electron chi connectivity index (χ0n) is 14.3. The van der Waals surface area contributed by atoms with E-state index in [0.717, 1.165) is 6.42 Å². The number of nitrogens with one attached hydrogen (secondary N) is 1. The maximum absolute atomic E-state index is 12.5. The minimum absolute atomic E-state index is 0. The molecule has 0 saturated heterocycles. The predicted molar refractivity (Wildman–Crippen MR) is 96.7 cm³/mol. The van der Waals surface area contributed by atoms with Crippen LogP contribution in [0.2, 0.25) is 0 Å². The van der Waals surface area contributed by atoms with Crippen molar-refractivity contribution in [2.24, 2.45) is 11.7 Å². The summed E-state index contributed by atoms with van der Waals surface area (Å²) in [6.07, 6.45) is 1.59. The Bertz CT molecular complexity index is 561. The summed E-state index contributed by atoms with van der Waals surface area (Å²) in [5.74, 6) is 1.02. The lowest BCUT2D eigenvalue weighted by Gasteiger charge is -2.30. The van der Waals surface area contributed by atoms with E-state index in [-0.39, 0.29) is 23.8 Å². The Labute approximate surface area is 146 Å². The number of rotatable bonds is 9. The normalized spacial score (nSPS) is 14.2. The highest BCUT2D eigenvalue weighted by atomic mass is 35.5. The average Bonchev–Trinajstić information content (AvgIpc) is 2.44. The van der Waals surface area contributed by atoms with Crippen molar-refractivity contribution in [2.45, 2.75) is 51.0 Å². The second-order valence-corrected chi connectivity index (χ2v) is 7.97. The molecule has 23 heavy (non-hydrogen) atoms. The largest absolute Gasteiger partial charge is 0.494 e. The highest BCUT2D eigenvalue weighted by Crippen LogP contribution is 2.21. The van der Waals surface area contributed by atoms with Crippen LogP contribution < -0.4 is 15.2 Å². The van der Waals surface area contributed by atoms with E-state index in [4.69, 9.17) is 10.5 Å². The van der Waals surface area contributed by atoms with Crippen molar-refractivity contribution in [1.82, 2.24) is 4.72 Å². The van der Waals surface area contributed by atoms with Crippen molar-refractivity contribution in [2.75, 3.05) is 13.2 Å². The number of hydrogen-bond acceptors (Lipinski definition) is 4. The van der Waals surface area contributed by atoms with Crippen molar-refractivity contribution in [1.29, 1.82) is 0 Å². The molecule has 0 bridgehead atoms. The molecule has 1 aromatic carbocycles. The Morgan fingerprint density at radius 3 is 2.26 bits per heavy atom. The van der Waals surface area contributed by atoms with Gasteiger partial charge in [0.05, 0.1) is 11.5 Å². The first-order valence-electron chi connectivity index (χ1n) is 7.69. The average molecular weight is 365 g/mol. The van der Waals surface area contributed by atoms with E-state index in [2.05, 4.69) is 4.72 Å². The summed E-state index contributed by atoms with van der Waals surface area (Å²) in [4.78, 5) is 0.222. The molecule has 0 spiro atoms. The van der Waals surface area contributed by atoms with Crippen LogP contribution in [0.25, 0.3) is 0 Å². The third kappa shape index (κ3) is 7.08. The van der Waals surface area contributed by atoms with Gasteiger partial charge in [-0.1, -0.05) is 20.8 Å². The minimum Gasteiger partial charge on any atom is -0.494 e. The Hall–Kier alpha value is -0.820. The van der Waals surface area contributed by atoms with Gasteiger partial charge < -0.3 is 10.5 Å². The molecule has 0 aliphatic rings. The van der Waals surface area contributed by atoms with Crippen LogP contribution in [0, 0.1) is 5.92 Å². The van der Waals surface area contributed by atoms with E-state index in [1.165, 1.54) is 0 Å². The summed E-state index contributed by atoms with van der Waals surface area (Å²) in [7, 11) is -3.60. The Kier molecular flexibility index (Phi) is 9.13. The van der Waals surface area contributed by atoms with Gasteiger partial charge in [0.2, 0.25) is 10.0 Å². The van der Waals surface area contributed by atoms with Crippen LogP contribution in [0.3, 0.4) is 0 Å². The minimum atomic E-state index is -3.60. The molecule has 0 amide bonds. The lowest BCUT2D eigenvalue weighted by atomic mass is 9.92. The third-order valence-corrected chi connectivity index (χ3v) is 4.95. The van der Waals surface area contributed by atoms with Gasteiger partial charge in [-0.2, -0.15) is 0 Å². The summed E-state index contributed by atoms with van der Waals surface area (Å²) in [5, 5.41) is 0. The van der Waals surface area contributed by atoms with Crippen molar-refractivity contribution >= 4 is 22.4 Å². The molecule has 7 heteroatoms. The first-order chi connectivity index (χ1) is 10.2. The Balaban J connectivity index is 0.00000484. The lowest BCUT2D eigenvalue weighted by Crippen LogP contribution is -2.51. The maximum Gasteiger partial charge on any atom is 0.241 e. The van der Waals surface area contributed by atoms with Crippen molar-refractivity contribution in [3.8, 4) is 5.75 Å². The molecule has 0 aliphatic heterocycles. The fourth-order valence-corrected chi connectivity index (χ4v) is 3.81. The number of benzene rings is 1. The quantitative estimate of drug-likeness (QED) is 0.705. The summed E-state index contributed by atoms with van der Waals surface area (Å²) >= 11 is 0. The molecule has 1 atom stereocenters. The van der Waals surface area contributed by atoms with Crippen LogP contribution in [-0.2, 0) is 10.0 Å². The van der Waals surface area contributed by atoms with Gasteiger partial charge in [0, 0.05) is 12.1 Å². The molecule has 0 aromatic heterocycles. The molecule has 1 unspecified atom stereocenters. The molecule has 0 aliphatic carbocycles. The Morgan fingerprint density at radius 1 is 1.26 bits per heavy atom. The summed E-state index contributed by atoms with van der Waals surface area (Å²) < 4.78 is 33.2. The van der Waals surface area contributed by atoms with Gasteiger partial charge in [0.1, 0.15) is 5.75 Å². The standard InChI is InChI=1S/C16H28N2O3S.ClH/c1-5-10-21-14-6-8-15(9-7-14)22(19,20)18-16(4,12-17)11-13(2)3;/h6-9,13,18H,5,10-12,17H2,1-4H3;1H. The molecule has 1 aromatic rings. The van der Waals surface area contributed by atoms with Gasteiger partial charge in [-0.15, -0.1) is 12.4 Å². The number of sulfonamides is 1. The zero-order valence-corrected chi connectivity index (χ0v) is 16.0. The van der Waals surface area contributed by atoms with E-state index in [1.807, 2.05) is 27.7 Å². The van der Waals surface area contributed by atoms with E-state index < -0.39 is 15.6 Å². The first-order valence-corrected chi connectivity index (χ1v) is 9.17. The number of nitrogens with two attached hydrogens (primary N) is 1. The van der Waals surface area contributed by atoms with Crippen molar-refractivity contribution < 1.29 is 13.2 Å². The molecule has 1 rings (SSSR count). The Morgan fingerprint density at radius 2 is 1.83 bits per heavy atom. The summed E-state index contributed by atoms with van der Waals surface area (Å²) in [5.41, 5.74) is 5.12. The third-order valence-electron chi connectivity index (χ3n) is 3.30. The first kappa shape index (κ1) is 22.2. The number of hydrogen-bond donors (Lipinski definition) is 2. The molecular formula is C16H29ClN2O3S. The van der Waals surface area contributed by atoms with Crippen LogP contribution in [-0.4, -0.2) is 27.1 Å². The van der Waals surface area contributed by atoms with Crippen LogP contribution >= 0.6 is 12.4 Å². The van der Waals surface area contributed by atoms with Gasteiger partial charge in [0.25, 0.3) is 0 Å². The molecule has 0 heterocycles. The van der Waals surface area contributed by atoms with Crippen LogP contribution in [0.5, 0.6) is 5.75 Å².